The second-order valence-corrected chi connectivity index (χ2v) is 3.82. The van der Waals surface area contributed by atoms with E-state index >= 15 is 0 Å². The number of pyridine rings is 1. The van der Waals surface area contributed by atoms with Crippen molar-refractivity contribution >= 4 is 22.6 Å². The molecule has 0 fully saturated rings. The largest absolute Gasteiger partial charge is 0.574 e. The molecule has 0 atom stereocenters. The predicted molar refractivity (Wildman–Crippen MR) is 53.2 cm³/mol. The standard InChI is InChI=1S/C8H6F4INO/c1-4-5(3-9)2-6(13)14-7(4)15-8(10,11)12/h2H,3H2,1H3. The molecule has 0 aliphatic carbocycles. The van der Waals surface area contributed by atoms with Gasteiger partial charge in [0.15, 0.2) is 0 Å². The molecular weight excluding hydrogens is 329 g/mol. The first-order valence-corrected chi connectivity index (χ1v) is 4.89. The number of hydrogen-bond acceptors (Lipinski definition) is 2. The Hall–Kier alpha value is -0.600. The first-order valence-electron chi connectivity index (χ1n) is 3.81. The van der Waals surface area contributed by atoms with Crippen LogP contribution in [0.4, 0.5) is 17.6 Å². The van der Waals surface area contributed by atoms with Crippen LogP contribution in [0.5, 0.6) is 5.88 Å². The van der Waals surface area contributed by atoms with Crippen LogP contribution in [0.15, 0.2) is 6.07 Å². The lowest BCUT2D eigenvalue weighted by Gasteiger charge is -2.12. The van der Waals surface area contributed by atoms with Crippen LogP contribution >= 0.6 is 22.6 Å². The minimum Gasteiger partial charge on any atom is -0.388 e. The van der Waals surface area contributed by atoms with Crippen LogP contribution in [-0.2, 0) is 6.67 Å². The van der Waals surface area contributed by atoms with Gasteiger partial charge in [-0.25, -0.2) is 9.37 Å². The molecule has 0 spiro atoms. The fourth-order valence-corrected chi connectivity index (χ4v) is 1.55. The number of rotatable bonds is 2. The van der Waals surface area contributed by atoms with E-state index < -0.39 is 18.9 Å². The van der Waals surface area contributed by atoms with Gasteiger partial charge in [0.2, 0.25) is 5.88 Å². The van der Waals surface area contributed by atoms with Gasteiger partial charge in [0.1, 0.15) is 10.4 Å². The van der Waals surface area contributed by atoms with Gasteiger partial charge in [-0.2, -0.15) is 0 Å². The molecule has 0 aliphatic rings. The average molecular weight is 335 g/mol. The zero-order chi connectivity index (χ0) is 11.6. The van der Waals surface area contributed by atoms with E-state index in [4.69, 9.17) is 0 Å². The maximum absolute atomic E-state index is 12.4. The smallest absolute Gasteiger partial charge is 0.388 e. The molecule has 1 aromatic heterocycles. The first-order chi connectivity index (χ1) is 6.83. The monoisotopic (exact) mass is 335 g/mol. The van der Waals surface area contributed by atoms with Crippen LogP contribution in [-0.4, -0.2) is 11.3 Å². The maximum Gasteiger partial charge on any atom is 0.574 e. The van der Waals surface area contributed by atoms with Gasteiger partial charge in [0.05, 0.1) is 0 Å². The molecule has 0 saturated heterocycles. The molecule has 0 aromatic carbocycles. The third kappa shape index (κ3) is 3.47. The van der Waals surface area contributed by atoms with Gasteiger partial charge in [-0.3, -0.25) is 0 Å². The fourth-order valence-electron chi connectivity index (χ4n) is 0.950. The van der Waals surface area contributed by atoms with Crippen molar-refractivity contribution in [1.82, 2.24) is 4.98 Å². The Morgan fingerprint density at radius 2 is 2.07 bits per heavy atom. The highest BCUT2D eigenvalue weighted by Gasteiger charge is 2.33. The van der Waals surface area contributed by atoms with Crippen molar-refractivity contribution in [2.75, 3.05) is 0 Å². The van der Waals surface area contributed by atoms with Gasteiger partial charge in [-0.1, -0.05) is 0 Å². The summed E-state index contributed by atoms with van der Waals surface area (Å²) in [6.45, 7) is 0.484. The molecule has 1 heterocycles. The molecule has 0 bridgehead atoms. The Morgan fingerprint density at radius 3 is 2.53 bits per heavy atom. The molecule has 2 nitrogen and oxygen atoms in total. The fraction of sp³-hybridized carbons (Fsp3) is 0.375. The van der Waals surface area contributed by atoms with E-state index in [0.717, 1.165) is 0 Å². The highest BCUT2D eigenvalue weighted by atomic mass is 127. The van der Waals surface area contributed by atoms with Gasteiger partial charge in [0.25, 0.3) is 0 Å². The quantitative estimate of drug-likeness (QED) is 0.470. The van der Waals surface area contributed by atoms with Gasteiger partial charge in [-0.05, 0) is 41.1 Å². The van der Waals surface area contributed by atoms with E-state index in [0.29, 0.717) is 0 Å². The minimum absolute atomic E-state index is 0.0650. The van der Waals surface area contributed by atoms with Gasteiger partial charge in [-0.15, -0.1) is 13.2 Å². The topological polar surface area (TPSA) is 22.1 Å². The first kappa shape index (κ1) is 12.5. The van der Waals surface area contributed by atoms with E-state index in [2.05, 4.69) is 9.72 Å². The maximum atomic E-state index is 12.4. The number of alkyl halides is 4. The molecule has 7 heteroatoms. The highest BCUT2D eigenvalue weighted by molar-refractivity contribution is 14.1. The summed E-state index contributed by atoms with van der Waals surface area (Å²) in [6.07, 6.45) is -4.81. The molecule has 0 saturated carbocycles. The normalized spacial score (nSPS) is 11.6. The third-order valence-corrected chi connectivity index (χ3v) is 2.21. The van der Waals surface area contributed by atoms with Crippen LogP contribution < -0.4 is 4.74 Å². The summed E-state index contributed by atoms with van der Waals surface area (Å²) in [5.74, 6) is -0.595. The summed E-state index contributed by atoms with van der Waals surface area (Å²) in [5, 5.41) is 0. The molecule has 1 rings (SSSR count). The van der Waals surface area contributed by atoms with Crippen molar-refractivity contribution < 1.29 is 22.3 Å². The van der Waals surface area contributed by atoms with Crippen LogP contribution in [0, 0.1) is 10.6 Å². The molecule has 84 valence electrons. The molecule has 0 radical (unpaired) electrons. The van der Waals surface area contributed by atoms with Gasteiger partial charge in [0, 0.05) is 5.56 Å². The summed E-state index contributed by atoms with van der Waals surface area (Å²) in [6, 6.07) is 1.37. The number of hydrogen-bond donors (Lipinski definition) is 0. The lowest BCUT2D eigenvalue weighted by atomic mass is 10.2. The molecule has 0 unspecified atom stereocenters. The van der Waals surface area contributed by atoms with E-state index in [-0.39, 0.29) is 14.8 Å². The van der Waals surface area contributed by atoms with Crippen molar-refractivity contribution in [2.45, 2.75) is 20.0 Å². The molecule has 0 amide bonds. The summed E-state index contributed by atoms with van der Waals surface area (Å²) >= 11 is 1.70. The molecule has 15 heavy (non-hydrogen) atoms. The Bertz CT molecular complexity index is 366. The number of aromatic nitrogens is 1. The Labute approximate surface area is 96.8 Å². The molecular formula is C8H6F4INO. The Kier molecular flexibility index (Phi) is 3.74. The zero-order valence-corrected chi connectivity index (χ0v) is 9.69. The number of halogens is 5. The van der Waals surface area contributed by atoms with Crippen LogP contribution in [0.3, 0.4) is 0 Å². The van der Waals surface area contributed by atoms with Gasteiger partial charge < -0.3 is 4.74 Å². The zero-order valence-electron chi connectivity index (χ0n) is 7.53. The SMILES string of the molecule is Cc1c(CF)cc(I)nc1OC(F)(F)F. The molecule has 0 N–H and O–H groups in total. The van der Waals surface area contributed by atoms with Crippen molar-refractivity contribution in [3.8, 4) is 5.88 Å². The lowest BCUT2D eigenvalue weighted by Crippen LogP contribution is -2.19. The van der Waals surface area contributed by atoms with Crippen LogP contribution in [0.1, 0.15) is 11.1 Å². The summed E-state index contributed by atoms with van der Waals surface area (Å²) < 4.78 is 52.1. The number of ether oxygens (including phenoxy) is 1. The second kappa shape index (κ2) is 4.50. The minimum atomic E-state index is -4.81. The lowest BCUT2D eigenvalue weighted by molar-refractivity contribution is -0.276. The number of nitrogens with zero attached hydrogens (tertiary/aromatic N) is 1. The summed E-state index contributed by atoms with van der Waals surface area (Å²) in [7, 11) is 0. The second-order valence-electron chi connectivity index (χ2n) is 2.72. The summed E-state index contributed by atoms with van der Waals surface area (Å²) in [4.78, 5) is 3.54. The van der Waals surface area contributed by atoms with E-state index in [1.54, 1.807) is 22.6 Å². The van der Waals surface area contributed by atoms with Crippen molar-refractivity contribution in [1.29, 1.82) is 0 Å². The molecule has 1 aromatic rings. The van der Waals surface area contributed by atoms with Crippen LogP contribution in [0.2, 0.25) is 0 Å². The van der Waals surface area contributed by atoms with Crippen molar-refractivity contribution in [3.05, 3.63) is 20.9 Å². The Morgan fingerprint density at radius 1 is 1.47 bits per heavy atom. The van der Waals surface area contributed by atoms with E-state index in [1.165, 1.54) is 13.0 Å². The third-order valence-electron chi connectivity index (χ3n) is 1.66. The molecule has 0 aliphatic heterocycles. The van der Waals surface area contributed by atoms with Crippen LogP contribution in [0.25, 0.3) is 0 Å². The van der Waals surface area contributed by atoms with Crippen molar-refractivity contribution in [2.24, 2.45) is 0 Å². The average Bonchev–Trinajstić information content (AvgIpc) is 2.08. The van der Waals surface area contributed by atoms with Crippen molar-refractivity contribution in [3.63, 3.8) is 0 Å². The summed E-state index contributed by atoms with van der Waals surface area (Å²) in [5.41, 5.74) is 0.212. The van der Waals surface area contributed by atoms with Gasteiger partial charge >= 0.3 is 6.36 Å². The predicted octanol–water partition coefficient (Wildman–Crippen LogP) is 3.36. The van der Waals surface area contributed by atoms with E-state index in [1.807, 2.05) is 0 Å². The highest BCUT2D eigenvalue weighted by Crippen LogP contribution is 2.27. The van der Waals surface area contributed by atoms with E-state index in [9.17, 15) is 17.6 Å². The Balaban J connectivity index is 3.12.